The van der Waals surface area contributed by atoms with Gasteiger partial charge in [-0.2, -0.15) is 0 Å². The molecule has 4 rings (SSSR count). The molecule has 3 aromatic rings. The van der Waals surface area contributed by atoms with Gasteiger partial charge in [-0.05, 0) is 56.3 Å². The molecule has 0 aliphatic carbocycles. The first-order chi connectivity index (χ1) is 15.8. The Morgan fingerprint density at radius 3 is 2.61 bits per heavy atom. The molecule has 1 N–H and O–H groups in total. The SMILES string of the molecule is CCOc1ccccc1NC(=O)[C@H]1CN(S(=O)(=O)c2ccc(C)cc2)c2cc(Cl)ccc2O1. The van der Waals surface area contributed by atoms with Gasteiger partial charge in [-0.25, -0.2) is 8.42 Å². The van der Waals surface area contributed by atoms with Crippen molar-refractivity contribution >= 4 is 38.9 Å². The van der Waals surface area contributed by atoms with Crippen molar-refractivity contribution < 1.29 is 22.7 Å². The van der Waals surface area contributed by atoms with Crippen LogP contribution < -0.4 is 19.1 Å². The molecule has 1 aliphatic rings. The molecule has 1 amide bonds. The maximum Gasteiger partial charge on any atom is 0.267 e. The van der Waals surface area contributed by atoms with E-state index in [2.05, 4.69) is 5.32 Å². The Hall–Kier alpha value is -3.23. The van der Waals surface area contributed by atoms with Gasteiger partial charge in [-0.1, -0.05) is 41.4 Å². The van der Waals surface area contributed by atoms with Crippen LogP contribution in [0.25, 0.3) is 0 Å². The van der Waals surface area contributed by atoms with E-state index >= 15 is 0 Å². The van der Waals surface area contributed by atoms with Crippen molar-refractivity contribution in [2.75, 3.05) is 22.8 Å². The lowest BCUT2D eigenvalue weighted by Gasteiger charge is -2.35. The van der Waals surface area contributed by atoms with Crippen LogP contribution in [-0.2, 0) is 14.8 Å². The molecule has 7 nitrogen and oxygen atoms in total. The van der Waals surface area contributed by atoms with Gasteiger partial charge in [0, 0.05) is 5.02 Å². The van der Waals surface area contributed by atoms with Gasteiger partial charge in [0.2, 0.25) is 0 Å². The van der Waals surface area contributed by atoms with Crippen LogP contribution in [0.2, 0.25) is 5.02 Å². The van der Waals surface area contributed by atoms with Crippen LogP contribution in [0, 0.1) is 6.92 Å². The predicted octanol–water partition coefficient (Wildman–Crippen LogP) is 4.64. The molecule has 1 heterocycles. The largest absolute Gasteiger partial charge is 0.492 e. The maximum absolute atomic E-state index is 13.5. The van der Waals surface area contributed by atoms with Crippen LogP contribution in [0.3, 0.4) is 0 Å². The Bertz CT molecular complexity index is 1280. The molecule has 172 valence electrons. The first-order valence-electron chi connectivity index (χ1n) is 10.4. The number of nitrogens with one attached hydrogen (secondary N) is 1. The minimum absolute atomic E-state index is 0.113. The van der Waals surface area contributed by atoms with Crippen LogP contribution in [-0.4, -0.2) is 33.6 Å². The van der Waals surface area contributed by atoms with Crippen LogP contribution in [0.5, 0.6) is 11.5 Å². The minimum atomic E-state index is -3.98. The zero-order valence-electron chi connectivity index (χ0n) is 18.1. The van der Waals surface area contributed by atoms with E-state index in [1.807, 2.05) is 13.8 Å². The lowest BCUT2D eigenvalue weighted by Crippen LogP contribution is -2.48. The number of sulfonamides is 1. The number of hydrogen-bond acceptors (Lipinski definition) is 5. The maximum atomic E-state index is 13.5. The number of ether oxygens (including phenoxy) is 2. The number of carbonyl (C=O) groups is 1. The number of fused-ring (bicyclic) bond motifs is 1. The fraction of sp³-hybridized carbons (Fsp3) is 0.208. The monoisotopic (exact) mass is 486 g/mol. The Kier molecular flexibility index (Phi) is 6.49. The lowest BCUT2D eigenvalue weighted by molar-refractivity contribution is -0.122. The number of aryl methyl sites for hydroxylation is 1. The van der Waals surface area contributed by atoms with Gasteiger partial charge >= 0.3 is 0 Å². The number of amides is 1. The third-order valence-corrected chi connectivity index (χ3v) is 7.17. The summed E-state index contributed by atoms with van der Waals surface area (Å²) in [5.74, 6) is 0.270. The van der Waals surface area contributed by atoms with Crippen LogP contribution in [0.4, 0.5) is 11.4 Å². The predicted molar refractivity (Wildman–Crippen MR) is 128 cm³/mol. The van der Waals surface area contributed by atoms with E-state index in [0.717, 1.165) is 5.56 Å². The molecule has 1 atom stereocenters. The Labute approximate surface area is 197 Å². The zero-order chi connectivity index (χ0) is 23.6. The average molecular weight is 487 g/mol. The molecule has 0 bridgehead atoms. The second kappa shape index (κ2) is 9.33. The fourth-order valence-corrected chi connectivity index (χ4v) is 5.12. The average Bonchev–Trinajstić information content (AvgIpc) is 2.80. The molecule has 0 saturated heterocycles. The summed E-state index contributed by atoms with van der Waals surface area (Å²) in [4.78, 5) is 13.2. The highest BCUT2D eigenvalue weighted by atomic mass is 35.5. The van der Waals surface area contributed by atoms with Gasteiger partial charge in [-0.15, -0.1) is 0 Å². The molecular weight excluding hydrogens is 464 g/mol. The van der Waals surface area contributed by atoms with E-state index in [4.69, 9.17) is 21.1 Å². The molecule has 0 aromatic heterocycles. The highest BCUT2D eigenvalue weighted by Gasteiger charge is 2.38. The molecular formula is C24H23ClN2O5S. The lowest BCUT2D eigenvalue weighted by atomic mass is 10.2. The van der Waals surface area contributed by atoms with Crippen molar-refractivity contribution in [3.63, 3.8) is 0 Å². The van der Waals surface area contributed by atoms with Gasteiger partial charge < -0.3 is 14.8 Å². The van der Waals surface area contributed by atoms with Crippen molar-refractivity contribution in [2.45, 2.75) is 24.8 Å². The Balaban J connectivity index is 1.68. The highest BCUT2D eigenvalue weighted by molar-refractivity contribution is 7.92. The summed E-state index contributed by atoms with van der Waals surface area (Å²) in [5, 5.41) is 3.15. The van der Waals surface area contributed by atoms with E-state index < -0.39 is 22.0 Å². The Morgan fingerprint density at radius 2 is 1.88 bits per heavy atom. The highest BCUT2D eigenvalue weighted by Crippen LogP contribution is 2.39. The standard InChI is InChI=1S/C24H23ClN2O5S/c1-3-31-21-7-5-4-6-19(21)26-24(28)23-15-27(20-14-17(25)10-13-22(20)32-23)33(29,30)18-11-8-16(2)9-12-18/h4-14,23H,3,15H2,1-2H3,(H,26,28)/t23-/m1/s1. The van der Waals surface area contributed by atoms with Crippen LogP contribution in [0.15, 0.2) is 71.6 Å². The molecule has 0 spiro atoms. The van der Waals surface area contributed by atoms with E-state index in [-0.39, 0.29) is 22.9 Å². The molecule has 33 heavy (non-hydrogen) atoms. The Morgan fingerprint density at radius 1 is 1.15 bits per heavy atom. The van der Waals surface area contributed by atoms with Crippen molar-refractivity contribution in [2.24, 2.45) is 0 Å². The molecule has 1 aliphatic heterocycles. The van der Waals surface area contributed by atoms with Crippen molar-refractivity contribution in [1.82, 2.24) is 0 Å². The van der Waals surface area contributed by atoms with Gasteiger partial charge in [0.15, 0.2) is 6.10 Å². The topological polar surface area (TPSA) is 84.9 Å². The third kappa shape index (κ3) is 4.77. The molecule has 0 unspecified atom stereocenters. The van der Waals surface area contributed by atoms with Gasteiger partial charge in [0.1, 0.15) is 11.5 Å². The van der Waals surface area contributed by atoms with Crippen LogP contribution in [0.1, 0.15) is 12.5 Å². The van der Waals surface area contributed by atoms with E-state index in [1.165, 1.54) is 22.5 Å². The number of rotatable bonds is 6. The van der Waals surface area contributed by atoms with Gasteiger partial charge in [0.05, 0.1) is 29.4 Å². The van der Waals surface area contributed by atoms with Gasteiger partial charge in [-0.3, -0.25) is 9.10 Å². The third-order valence-electron chi connectivity index (χ3n) is 5.14. The van der Waals surface area contributed by atoms with E-state index in [0.29, 0.717) is 23.1 Å². The zero-order valence-corrected chi connectivity index (χ0v) is 19.7. The number of nitrogens with zero attached hydrogens (tertiary/aromatic N) is 1. The smallest absolute Gasteiger partial charge is 0.267 e. The normalized spacial score (nSPS) is 15.4. The first-order valence-corrected chi connectivity index (χ1v) is 12.2. The van der Waals surface area contributed by atoms with Crippen LogP contribution >= 0.6 is 11.6 Å². The summed E-state index contributed by atoms with van der Waals surface area (Å²) >= 11 is 6.14. The number of anilines is 2. The van der Waals surface area contributed by atoms with E-state index in [1.54, 1.807) is 48.5 Å². The van der Waals surface area contributed by atoms with E-state index in [9.17, 15) is 13.2 Å². The molecule has 0 saturated carbocycles. The number of para-hydroxylation sites is 2. The summed E-state index contributed by atoms with van der Waals surface area (Å²) < 4.78 is 39.6. The molecule has 3 aromatic carbocycles. The summed E-state index contributed by atoms with van der Waals surface area (Å²) in [6.07, 6.45) is -1.09. The second-order valence-corrected chi connectivity index (χ2v) is 9.78. The summed E-state index contributed by atoms with van der Waals surface area (Å²) in [6, 6.07) is 18.2. The minimum Gasteiger partial charge on any atom is -0.492 e. The number of carbonyl (C=O) groups excluding carboxylic acids is 1. The number of hydrogen-bond donors (Lipinski definition) is 1. The summed E-state index contributed by atoms with van der Waals surface area (Å²) in [5.41, 5.74) is 1.69. The molecule has 0 radical (unpaired) electrons. The summed E-state index contributed by atoms with van der Waals surface area (Å²) in [6.45, 7) is 3.94. The number of benzene rings is 3. The van der Waals surface area contributed by atoms with Crippen molar-refractivity contribution in [1.29, 1.82) is 0 Å². The second-order valence-electron chi connectivity index (χ2n) is 7.49. The summed E-state index contributed by atoms with van der Waals surface area (Å²) in [7, 11) is -3.98. The fourth-order valence-electron chi connectivity index (χ4n) is 3.49. The molecule has 9 heteroatoms. The number of halogens is 1. The van der Waals surface area contributed by atoms with Gasteiger partial charge in [0.25, 0.3) is 15.9 Å². The van der Waals surface area contributed by atoms with Crippen molar-refractivity contribution in [3.05, 3.63) is 77.3 Å². The first kappa shape index (κ1) is 22.9. The quantitative estimate of drug-likeness (QED) is 0.548. The molecule has 0 fully saturated rings. The van der Waals surface area contributed by atoms with Crippen molar-refractivity contribution in [3.8, 4) is 11.5 Å².